The third-order valence-electron chi connectivity index (χ3n) is 3.87. The van der Waals surface area contributed by atoms with Crippen molar-refractivity contribution in [1.29, 1.82) is 0 Å². The molecular weight excluding hydrogens is 222 g/mol. The molecule has 0 saturated heterocycles. The molecule has 0 radical (unpaired) electrons. The second-order valence-electron chi connectivity index (χ2n) is 5.13. The van der Waals surface area contributed by atoms with Crippen LogP contribution >= 0.6 is 0 Å². The van der Waals surface area contributed by atoms with Crippen LogP contribution in [0.2, 0.25) is 0 Å². The van der Waals surface area contributed by atoms with Gasteiger partial charge in [0.2, 0.25) is 0 Å². The topological polar surface area (TPSA) is 21.3 Å². The van der Waals surface area contributed by atoms with E-state index in [0.717, 1.165) is 26.1 Å². The summed E-state index contributed by atoms with van der Waals surface area (Å²) in [7, 11) is 2.05. The lowest BCUT2D eigenvalue weighted by Gasteiger charge is -2.16. The van der Waals surface area contributed by atoms with Crippen molar-refractivity contribution in [2.75, 3.05) is 20.3 Å². The van der Waals surface area contributed by atoms with E-state index >= 15 is 0 Å². The van der Waals surface area contributed by atoms with E-state index in [-0.39, 0.29) is 0 Å². The van der Waals surface area contributed by atoms with Gasteiger partial charge in [-0.3, -0.25) is 0 Å². The molecule has 0 bridgehead atoms. The molecule has 1 N–H and O–H groups in total. The van der Waals surface area contributed by atoms with Gasteiger partial charge in [-0.15, -0.1) is 0 Å². The van der Waals surface area contributed by atoms with Crippen LogP contribution in [0.4, 0.5) is 0 Å². The first-order valence-corrected chi connectivity index (χ1v) is 7.19. The van der Waals surface area contributed by atoms with Gasteiger partial charge < -0.3 is 10.1 Å². The minimum atomic E-state index is 0.524. The minimum Gasteiger partial charge on any atom is -0.382 e. The van der Waals surface area contributed by atoms with Gasteiger partial charge in [0.15, 0.2) is 0 Å². The highest BCUT2D eigenvalue weighted by Crippen LogP contribution is 2.23. The fourth-order valence-electron chi connectivity index (χ4n) is 2.76. The molecule has 1 aromatic rings. The van der Waals surface area contributed by atoms with E-state index in [4.69, 9.17) is 4.74 Å². The molecule has 0 amide bonds. The molecule has 0 spiro atoms. The van der Waals surface area contributed by atoms with E-state index in [1.165, 1.54) is 24.8 Å². The quantitative estimate of drug-likeness (QED) is 0.748. The Labute approximate surface area is 111 Å². The van der Waals surface area contributed by atoms with Crippen LogP contribution in [-0.2, 0) is 24.0 Å². The summed E-state index contributed by atoms with van der Waals surface area (Å²) in [4.78, 5) is 0. The first-order chi connectivity index (χ1) is 8.83. The summed E-state index contributed by atoms with van der Waals surface area (Å²) in [5.74, 6) is 0. The average Bonchev–Trinajstić information content (AvgIpc) is 2.85. The first-order valence-electron chi connectivity index (χ1n) is 7.19. The van der Waals surface area contributed by atoms with Crippen molar-refractivity contribution in [3.8, 4) is 0 Å². The predicted molar refractivity (Wildman–Crippen MR) is 76.1 cm³/mol. The van der Waals surface area contributed by atoms with Crippen molar-refractivity contribution in [3.05, 3.63) is 34.9 Å². The van der Waals surface area contributed by atoms with Crippen LogP contribution in [-0.4, -0.2) is 26.3 Å². The third kappa shape index (κ3) is 3.56. The van der Waals surface area contributed by atoms with E-state index < -0.39 is 0 Å². The Kier molecular flexibility index (Phi) is 5.21. The molecule has 0 aromatic heterocycles. The first kappa shape index (κ1) is 13.6. The monoisotopic (exact) mass is 247 g/mol. The summed E-state index contributed by atoms with van der Waals surface area (Å²) in [6, 6.07) is 7.56. The SMILES string of the molecule is CCOCCC(Cc1ccc2c(c1)CCC2)NC. The molecule has 0 heterocycles. The van der Waals surface area contributed by atoms with Crippen LogP contribution in [0.1, 0.15) is 36.5 Å². The van der Waals surface area contributed by atoms with Crippen molar-refractivity contribution in [2.24, 2.45) is 0 Å². The molecule has 0 saturated carbocycles. The van der Waals surface area contributed by atoms with Gasteiger partial charge in [-0.05, 0) is 62.8 Å². The molecule has 1 aliphatic rings. The van der Waals surface area contributed by atoms with Gasteiger partial charge in [0, 0.05) is 19.3 Å². The Morgan fingerprint density at radius 3 is 2.89 bits per heavy atom. The molecule has 0 aliphatic heterocycles. The van der Waals surface area contributed by atoms with Gasteiger partial charge in [-0.2, -0.15) is 0 Å². The third-order valence-corrected chi connectivity index (χ3v) is 3.87. The largest absolute Gasteiger partial charge is 0.382 e. The lowest BCUT2D eigenvalue weighted by Crippen LogP contribution is -2.29. The molecule has 2 heteroatoms. The number of likely N-dealkylation sites (N-methyl/N-ethyl adjacent to an activating group) is 1. The van der Waals surface area contributed by atoms with Crippen LogP contribution in [0.3, 0.4) is 0 Å². The second-order valence-corrected chi connectivity index (χ2v) is 5.13. The van der Waals surface area contributed by atoms with Gasteiger partial charge in [0.05, 0.1) is 0 Å². The molecule has 1 unspecified atom stereocenters. The maximum atomic E-state index is 5.44. The normalized spacial score (nSPS) is 15.7. The Bertz CT molecular complexity index is 375. The van der Waals surface area contributed by atoms with E-state index in [0.29, 0.717) is 6.04 Å². The van der Waals surface area contributed by atoms with Crippen molar-refractivity contribution in [1.82, 2.24) is 5.32 Å². The summed E-state index contributed by atoms with van der Waals surface area (Å²) in [5, 5.41) is 3.40. The maximum Gasteiger partial charge on any atom is 0.0480 e. The number of rotatable bonds is 7. The lowest BCUT2D eigenvalue weighted by molar-refractivity contribution is 0.137. The highest BCUT2D eigenvalue weighted by atomic mass is 16.5. The molecule has 1 atom stereocenters. The zero-order valence-electron chi connectivity index (χ0n) is 11.7. The van der Waals surface area contributed by atoms with Gasteiger partial charge in [-0.1, -0.05) is 18.2 Å². The van der Waals surface area contributed by atoms with E-state index in [1.807, 2.05) is 7.05 Å². The van der Waals surface area contributed by atoms with Gasteiger partial charge in [-0.25, -0.2) is 0 Å². The lowest BCUT2D eigenvalue weighted by atomic mass is 9.99. The van der Waals surface area contributed by atoms with Crippen molar-refractivity contribution < 1.29 is 4.74 Å². The second kappa shape index (κ2) is 6.91. The number of benzene rings is 1. The summed E-state index contributed by atoms with van der Waals surface area (Å²) in [6.07, 6.45) is 6.07. The van der Waals surface area contributed by atoms with Crippen LogP contribution in [0.5, 0.6) is 0 Å². The molecule has 1 aliphatic carbocycles. The van der Waals surface area contributed by atoms with Crippen LogP contribution in [0.15, 0.2) is 18.2 Å². The van der Waals surface area contributed by atoms with Crippen LogP contribution in [0, 0.1) is 0 Å². The standard InChI is InChI=1S/C16H25NO/c1-3-18-10-9-16(17-2)12-13-7-8-14-5-4-6-15(14)11-13/h7-8,11,16-17H,3-6,9-10,12H2,1-2H3. The van der Waals surface area contributed by atoms with Gasteiger partial charge in [0.25, 0.3) is 0 Å². The predicted octanol–water partition coefficient (Wildman–Crippen LogP) is 2.73. The van der Waals surface area contributed by atoms with E-state index in [1.54, 1.807) is 11.1 Å². The number of hydrogen-bond donors (Lipinski definition) is 1. The van der Waals surface area contributed by atoms with Crippen LogP contribution in [0.25, 0.3) is 0 Å². The Hall–Kier alpha value is -0.860. The maximum absolute atomic E-state index is 5.44. The zero-order valence-corrected chi connectivity index (χ0v) is 11.7. The average molecular weight is 247 g/mol. The minimum absolute atomic E-state index is 0.524. The Morgan fingerprint density at radius 2 is 2.11 bits per heavy atom. The number of aryl methyl sites for hydroxylation is 2. The molecule has 1 aromatic carbocycles. The van der Waals surface area contributed by atoms with E-state index in [2.05, 4.69) is 30.4 Å². The molecule has 0 fully saturated rings. The molecular formula is C16H25NO. The molecule has 2 nitrogen and oxygen atoms in total. The summed E-state index contributed by atoms with van der Waals surface area (Å²) in [5.41, 5.74) is 4.60. The number of fused-ring (bicyclic) bond motifs is 1. The summed E-state index contributed by atoms with van der Waals surface area (Å²) < 4.78 is 5.44. The van der Waals surface area contributed by atoms with Crippen molar-refractivity contribution >= 4 is 0 Å². The van der Waals surface area contributed by atoms with Crippen LogP contribution < -0.4 is 5.32 Å². The number of ether oxygens (including phenoxy) is 1. The molecule has 2 rings (SSSR count). The Balaban J connectivity index is 1.90. The fraction of sp³-hybridized carbons (Fsp3) is 0.625. The fourth-order valence-corrected chi connectivity index (χ4v) is 2.76. The molecule has 18 heavy (non-hydrogen) atoms. The smallest absolute Gasteiger partial charge is 0.0480 e. The number of hydrogen-bond acceptors (Lipinski definition) is 2. The van der Waals surface area contributed by atoms with Gasteiger partial charge in [0.1, 0.15) is 0 Å². The Morgan fingerprint density at radius 1 is 1.28 bits per heavy atom. The van der Waals surface area contributed by atoms with Crippen molar-refractivity contribution in [2.45, 2.75) is 45.1 Å². The number of nitrogens with one attached hydrogen (secondary N) is 1. The van der Waals surface area contributed by atoms with Gasteiger partial charge >= 0.3 is 0 Å². The highest BCUT2D eigenvalue weighted by molar-refractivity contribution is 5.35. The summed E-state index contributed by atoms with van der Waals surface area (Å²) in [6.45, 7) is 3.72. The summed E-state index contributed by atoms with van der Waals surface area (Å²) >= 11 is 0. The van der Waals surface area contributed by atoms with E-state index in [9.17, 15) is 0 Å². The van der Waals surface area contributed by atoms with Crippen molar-refractivity contribution in [3.63, 3.8) is 0 Å². The molecule has 100 valence electrons. The highest BCUT2D eigenvalue weighted by Gasteiger charge is 2.13. The zero-order chi connectivity index (χ0) is 12.8.